The molecule has 0 aliphatic heterocycles. The Morgan fingerprint density at radius 1 is 0.850 bits per heavy atom. The highest BCUT2D eigenvalue weighted by Crippen LogP contribution is 2.28. The molecule has 0 fully saturated rings. The summed E-state index contributed by atoms with van der Waals surface area (Å²) in [5, 5.41) is 3.00. The van der Waals surface area contributed by atoms with Crippen molar-refractivity contribution in [3.05, 3.63) is 95.1 Å². The number of hydrogen-bond acceptors (Lipinski definition) is 4. The van der Waals surface area contributed by atoms with Gasteiger partial charge in [0, 0.05) is 12.6 Å². The van der Waals surface area contributed by atoms with Crippen molar-refractivity contribution in [2.45, 2.75) is 77.9 Å². The van der Waals surface area contributed by atoms with Gasteiger partial charge in [0.25, 0.3) is 10.0 Å². The SMILES string of the molecule is CC[C@@H](C)NC(=O)[C@@H](CC)N(Cc1ccc(C)cc1)C(=O)CN(c1ccc(C)cc1C)S(=O)(=O)c1ccccc1. The van der Waals surface area contributed by atoms with Gasteiger partial charge in [-0.2, -0.15) is 0 Å². The monoisotopic (exact) mass is 563 g/mol. The van der Waals surface area contributed by atoms with Gasteiger partial charge in [0.1, 0.15) is 12.6 Å². The van der Waals surface area contributed by atoms with Crippen LogP contribution in [-0.4, -0.2) is 43.8 Å². The molecule has 2 amide bonds. The van der Waals surface area contributed by atoms with Crippen molar-refractivity contribution in [1.29, 1.82) is 0 Å². The van der Waals surface area contributed by atoms with Crippen molar-refractivity contribution < 1.29 is 18.0 Å². The first kappa shape index (κ1) is 30.9. The van der Waals surface area contributed by atoms with Crippen LogP contribution in [0.25, 0.3) is 0 Å². The van der Waals surface area contributed by atoms with E-state index in [0.29, 0.717) is 12.1 Å². The molecule has 0 spiro atoms. The Morgan fingerprint density at radius 3 is 2.05 bits per heavy atom. The van der Waals surface area contributed by atoms with Crippen LogP contribution < -0.4 is 9.62 Å². The Hall–Kier alpha value is -3.65. The van der Waals surface area contributed by atoms with Crippen molar-refractivity contribution in [3.8, 4) is 0 Å². The summed E-state index contributed by atoms with van der Waals surface area (Å²) < 4.78 is 29.1. The van der Waals surface area contributed by atoms with Crippen LogP contribution in [0.15, 0.2) is 77.7 Å². The van der Waals surface area contributed by atoms with Crippen LogP contribution in [0.5, 0.6) is 0 Å². The molecule has 0 aromatic heterocycles. The smallest absolute Gasteiger partial charge is 0.264 e. The Labute approximate surface area is 239 Å². The number of nitrogens with zero attached hydrogens (tertiary/aromatic N) is 2. The lowest BCUT2D eigenvalue weighted by atomic mass is 10.1. The van der Waals surface area contributed by atoms with Gasteiger partial charge in [-0.1, -0.05) is 79.6 Å². The second kappa shape index (κ2) is 13.6. The predicted molar refractivity (Wildman–Crippen MR) is 161 cm³/mol. The molecule has 214 valence electrons. The third kappa shape index (κ3) is 7.50. The van der Waals surface area contributed by atoms with Crippen LogP contribution >= 0.6 is 0 Å². The molecule has 0 bridgehead atoms. The van der Waals surface area contributed by atoms with Crippen LogP contribution in [0.4, 0.5) is 5.69 Å². The van der Waals surface area contributed by atoms with Gasteiger partial charge in [0.05, 0.1) is 10.6 Å². The van der Waals surface area contributed by atoms with Crippen molar-refractivity contribution in [3.63, 3.8) is 0 Å². The van der Waals surface area contributed by atoms with Gasteiger partial charge < -0.3 is 10.2 Å². The number of carbonyl (C=O) groups is 2. The molecule has 3 rings (SSSR count). The molecule has 3 aromatic rings. The number of aryl methyl sites for hydroxylation is 3. The quantitative estimate of drug-likeness (QED) is 0.314. The van der Waals surface area contributed by atoms with Gasteiger partial charge in [-0.05, 0) is 69.9 Å². The highest BCUT2D eigenvalue weighted by Gasteiger charge is 2.34. The fraction of sp³-hybridized carbons (Fsp3) is 0.375. The molecule has 0 aliphatic rings. The molecule has 0 saturated carbocycles. The van der Waals surface area contributed by atoms with Crippen LogP contribution in [0.1, 0.15) is 55.9 Å². The number of amides is 2. The first-order valence-corrected chi connectivity index (χ1v) is 15.2. The molecule has 0 heterocycles. The van der Waals surface area contributed by atoms with Gasteiger partial charge in [-0.15, -0.1) is 0 Å². The van der Waals surface area contributed by atoms with Crippen LogP contribution in [0, 0.1) is 20.8 Å². The minimum absolute atomic E-state index is 0.0527. The molecule has 3 aromatic carbocycles. The predicted octanol–water partition coefficient (Wildman–Crippen LogP) is 5.53. The third-order valence-electron chi connectivity index (χ3n) is 7.09. The van der Waals surface area contributed by atoms with E-state index in [1.54, 1.807) is 24.3 Å². The maximum Gasteiger partial charge on any atom is 0.264 e. The minimum atomic E-state index is -4.09. The van der Waals surface area contributed by atoms with E-state index < -0.39 is 28.5 Å². The second-order valence-electron chi connectivity index (χ2n) is 10.4. The summed E-state index contributed by atoms with van der Waals surface area (Å²) in [6, 6.07) is 20.5. The van der Waals surface area contributed by atoms with E-state index in [1.165, 1.54) is 21.3 Å². The molecule has 2 atom stereocenters. The van der Waals surface area contributed by atoms with E-state index in [-0.39, 0.29) is 23.4 Å². The lowest BCUT2D eigenvalue weighted by Crippen LogP contribution is -2.53. The fourth-order valence-corrected chi connectivity index (χ4v) is 6.07. The number of hydrogen-bond donors (Lipinski definition) is 1. The van der Waals surface area contributed by atoms with Crippen molar-refractivity contribution in [1.82, 2.24) is 10.2 Å². The normalized spacial score (nSPS) is 12.8. The van der Waals surface area contributed by atoms with Crippen LogP contribution in [0.2, 0.25) is 0 Å². The average molecular weight is 564 g/mol. The molecule has 40 heavy (non-hydrogen) atoms. The highest BCUT2D eigenvalue weighted by molar-refractivity contribution is 7.92. The van der Waals surface area contributed by atoms with E-state index in [9.17, 15) is 18.0 Å². The molecule has 1 N–H and O–H groups in total. The topological polar surface area (TPSA) is 86.8 Å². The Morgan fingerprint density at radius 2 is 1.48 bits per heavy atom. The van der Waals surface area contributed by atoms with Crippen molar-refractivity contribution >= 4 is 27.5 Å². The molecule has 0 saturated heterocycles. The molecule has 7 nitrogen and oxygen atoms in total. The first-order valence-electron chi connectivity index (χ1n) is 13.8. The van der Waals surface area contributed by atoms with Crippen molar-refractivity contribution in [2.75, 3.05) is 10.8 Å². The zero-order valence-corrected chi connectivity index (χ0v) is 25.2. The first-order chi connectivity index (χ1) is 19.0. The standard InChI is InChI=1S/C32H41N3O4S/c1-7-26(6)33-32(37)29(8-2)34(21-27-17-14-23(3)15-18-27)31(36)22-35(30-19-16-24(4)20-25(30)5)40(38,39)28-12-10-9-11-13-28/h9-20,26,29H,7-8,21-22H2,1-6H3,(H,33,37)/t26-,29-/m1/s1. The number of anilines is 1. The van der Waals surface area contributed by atoms with Gasteiger partial charge in [0.15, 0.2) is 0 Å². The van der Waals surface area contributed by atoms with Crippen LogP contribution in [-0.2, 0) is 26.2 Å². The molecule has 0 aliphatic carbocycles. The van der Waals surface area contributed by atoms with Gasteiger partial charge in [-0.3, -0.25) is 13.9 Å². The zero-order chi connectivity index (χ0) is 29.4. The molecule has 0 unspecified atom stereocenters. The maximum absolute atomic E-state index is 14.2. The number of sulfonamides is 1. The van der Waals surface area contributed by atoms with E-state index in [1.807, 2.05) is 77.9 Å². The second-order valence-corrected chi connectivity index (χ2v) is 12.2. The number of carbonyl (C=O) groups excluding carboxylic acids is 2. The fourth-order valence-electron chi connectivity index (χ4n) is 4.57. The minimum Gasteiger partial charge on any atom is -0.352 e. The molecule has 0 radical (unpaired) electrons. The summed E-state index contributed by atoms with van der Waals surface area (Å²) >= 11 is 0. The average Bonchev–Trinajstić information content (AvgIpc) is 2.93. The number of nitrogens with one attached hydrogen (secondary N) is 1. The van der Waals surface area contributed by atoms with E-state index in [0.717, 1.165) is 28.7 Å². The Bertz CT molecular complexity index is 1410. The Kier molecular flexibility index (Phi) is 10.5. The molecular weight excluding hydrogens is 522 g/mol. The summed E-state index contributed by atoms with van der Waals surface area (Å²) in [5.41, 5.74) is 4.09. The summed E-state index contributed by atoms with van der Waals surface area (Å²) in [5.74, 6) is -0.701. The zero-order valence-electron chi connectivity index (χ0n) is 24.3. The van der Waals surface area contributed by atoms with Crippen molar-refractivity contribution in [2.24, 2.45) is 0 Å². The Balaban J connectivity index is 2.07. The van der Waals surface area contributed by atoms with E-state index >= 15 is 0 Å². The summed E-state index contributed by atoms with van der Waals surface area (Å²) in [4.78, 5) is 29.1. The largest absolute Gasteiger partial charge is 0.352 e. The van der Waals surface area contributed by atoms with Gasteiger partial charge in [-0.25, -0.2) is 8.42 Å². The lowest BCUT2D eigenvalue weighted by Gasteiger charge is -2.34. The van der Waals surface area contributed by atoms with E-state index in [2.05, 4.69) is 5.32 Å². The summed E-state index contributed by atoms with van der Waals surface area (Å²) in [6.45, 7) is 11.2. The van der Waals surface area contributed by atoms with Crippen LogP contribution in [0.3, 0.4) is 0 Å². The number of benzene rings is 3. The van der Waals surface area contributed by atoms with E-state index in [4.69, 9.17) is 0 Å². The maximum atomic E-state index is 14.2. The van der Waals surface area contributed by atoms with Gasteiger partial charge >= 0.3 is 0 Å². The number of rotatable bonds is 12. The molecule has 8 heteroatoms. The third-order valence-corrected chi connectivity index (χ3v) is 8.87. The summed E-state index contributed by atoms with van der Waals surface area (Å²) in [7, 11) is -4.09. The molecular formula is C32H41N3O4S. The lowest BCUT2D eigenvalue weighted by molar-refractivity contribution is -0.140. The van der Waals surface area contributed by atoms with Gasteiger partial charge in [0.2, 0.25) is 11.8 Å². The summed E-state index contributed by atoms with van der Waals surface area (Å²) in [6.07, 6.45) is 1.14. The highest BCUT2D eigenvalue weighted by atomic mass is 32.2.